The molecule has 1 aromatic carbocycles. The molecule has 0 saturated carbocycles. The molecule has 0 radical (unpaired) electrons. The molecule has 0 bridgehead atoms. The average Bonchev–Trinajstić information content (AvgIpc) is 2.90. The van der Waals surface area contributed by atoms with Crippen molar-refractivity contribution in [3.8, 4) is 11.5 Å². The van der Waals surface area contributed by atoms with E-state index in [1.54, 1.807) is 37.6 Å². The molecule has 1 aromatic heterocycles. The fourth-order valence-electron chi connectivity index (χ4n) is 1.50. The van der Waals surface area contributed by atoms with E-state index in [9.17, 15) is 4.79 Å². The number of nitrogens with zero attached hydrogens (tertiary/aromatic N) is 1. The van der Waals surface area contributed by atoms with E-state index in [2.05, 4.69) is 15.5 Å². The van der Waals surface area contributed by atoms with Gasteiger partial charge in [0.25, 0.3) is 5.91 Å². The standard InChI is InChI=1S/C12H13N3O3/c1-17-9-4-3-8(7-10(9)18-2)12(16)14-11-5-6-13-15-11/h3-7H,1-2H3,(H2,13,14,15,16). The van der Waals surface area contributed by atoms with Crippen LogP contribution in [-0.4, -0.2) is 30.3 Å². The van der Waals surface area contributed by atoms with Crippen LogP contribution in [0.15, 0.2) is 30.5 Å². The molecule has 0 aliphatic carbocycles. The summed E-state index contributed by atoms with van der Waals surface area (Å²) in [6.07, 6.45) is 1.63. The van der Waals surface area contributed by atoms with Crippen LogP contribution in [0.1, 0.15) is 10.4 Å². The summed E-state index contributed by atoms with van der Waals surface area (Å²) in [6, 6.07) is 6.61. The Morgan fingerprint density at radius 2 is 2.00 bits per heavy atom. The Morgan fingerprint density at radius 1 is 1.22 bits per heavy atom. The first kappa shape index (κ1) is 12.0. The molecule has 2 aromatic rings. The SMILES string of the molecule is COc1ccc(C(=O)Nc2cc[nH]n2)cc1OC. The highest BCUT2D eigenvalue weighted by Gasteiger charge is 2.11. The number of ether oxygens (including phenoxy) is 2. The summed E-state index contributed by atoms with van der Waals surface area (Å²) in [5.41, 5.74) is 0.468. The van der Waals surface area contributed by atoms with E-state index in [0.717, 1.165) is 0 Å². The van der Waals surface area contributed by atoms with Crippen LogP contribution in [0.5, 0.6) is 11.5 Å². The third-order valence-electron chi connectivity index (χ3n) is 2.39. The molecule has 2 rings (SSSR count). The van der Waals surface area contributed by atoms with Crippen LogP contribution in [0.2, 0.25) is 0 Å². The number of hydrogen-bond donors (Lipinski definition) is 2. The topological polar surface area (TPSA) is 76.2 Å². The molecule has 2 N–H and O–H groups in total. The number of H-pyrrole nitrogens is 1. The lowest BCUT2D eigenvalue weighted by atomic mass is 10.2. The number of benzene rings is 1. The maximum absolute atomic E-state index is 11.9. The molecule has 0 saturated heterocycles. The number of nitrogens with one attached hydrogen (secondary N) is 2. The van der Waals surface area contributed by atoms with E-state index in [4.69, 9.17) is 9.47 Å². The molecular weight excluding hydrogens is 234 g/mol. The molecule has 1 amide bonds. The van der Waals surface area contributed by atoms with Crippen molar-refractivity contribution in [2.24, 2.45) is 0 Å². The number of amides is 1. The van der Waals surface area contributed by atoms with Crippen LogP contribution in [0, 0.1) is 0 Å². The van der Waals surface area contributed by atoms with Crippen LogP contribution in [-0.2, 0) is 0 Å². The van der Waals surface area contributed by atoms with Crippen LogP contribution in [0.25, 0.3) is 0 Å². The fraction of sp³-hybridized carbons (Fsp3) is 0.167. The zero-order valence-electron chi connectivity index (χ0n) is 10.1. The number of rotatable bonds is 4. The molecule has 1 heterocycles. The predicted octanol–water partition coefficient (Wildman–Crippen LogP) is 1.68. The zero-order valence-corrected chi connectivity index (χ0v) is 10.1. The second-order valence-electron chi connectivity index (χ2n) is 3.48. The van der Waals surface area contributed by atoms with E-state index < -0.39 is 0 Å². The molecule has 0 spiro atoms. The summed E-state index contributed by atoms with van der Waals surface area (Å²) in [4.78, 5) is 11.9. The number of methoxy groups -OCH3 is 2. The molecule has 6 nitrogen and oxygen atoms in total. The average molecular weight is 247 g/mol. The van der Waals surface area contributed by atoms with Gasteiger partial charge in [0.1, 0.15) is 0 Å². The third-order valence-corrected chi connectivity index (χ3v) is 2.39. The van der Waals surface area contributed by atoms with Gasteiger partial charge in [-0.05, 0) is 18.2 Å². The number of anilines is 1. The Bertz CT molecular complexity index is 538. The Balaban J connectivity index is 2.20. The van der Waals surface area contributed by atoms with Gasteiger partial charge < -0.3 is 14.8 Å². The molecule has 0 atom stereocenters. The highest BCUT2D eigenvalue weighted by molar-refractivity contribution is 6.04. The molecule has 0 unspecified atom stereocenters. The number of aromatic amines is 1. The summed E-state index contributed by atoms with van der Waals surface area (Å²) in [7, 11) is 3.06. The Kier molecular flexibility index (Phi) is 3.47. The van der Waals surface area contributed by atoms with E-state index in [0.29, 0.717) is 22.9 Å². The first-order valence-corrected chi connectivity index (χ1v) is 5.27. The second-order valence-corrected chi connectivity index (χ2v) is 3.48. The van der Waals surface area contributed by atoms with Crippen LogP contribution in [0.4, 0.5) is 5.82 Å². The minimum atomic E-state index is -0.261. The maximum Gasteiger partial charge on any atom is 0.257 e. The maximum atomic E-state index is 11.9. The van der Waals surface area contributed by atoms with Crippen molar-refractivity contribution in [3.63, 3.8) is 0 Å². The van der Waals surface area contributed by atoms with Crippen LogP contribution >= 0.6 is 0 Å². The smallest absolute Gasteiger partial charge is 0.257 e. The Labute approximate surface area is 104 Å². The van der Waals surface area contributed by atoms with Crippen molar-refractivity contribution >= 4 is 11.7 Å². The summed E-state index contributed by atoms with van der Waals surface area (Å²) in [5.74, 6) is 1.29. The van der Waals surface area contributed by atoms with Crippen molar-refractivity contribution < 1.29 is 14.3 Å². The second kappa shape index (κ2) is 5.22. The lowest BCUT2D eigenvalue weighted by Crippen LogP contribution is -2.12. The van der Waals surface area contributed by atoms with Gasteiger partial charge in [-0.15, -0.1) is 0 Å². The minimum absolute atomic E-state index is 0.261. The summed E-state index contributed by atoms with van der Waals surface area (Å²) < 4.78 is 10.2. The number of hydrogen-bond acceptors (Lipinski definition) is 4. The monoisotopic (exact) mass is 247 g/mol. The molecular formula is C12H13N3O3. The summed E-state index contributed by atoms with van der Waals surface area (Å²) in [6.45, 7) is 0. The molecule has 0 aliphatic rings. The number of carbonyl (C=O) groups excluding carboxylic acids is 1. The lowest BCUT2D eigenvalue weighted by Gasteiger charge is -2.09. The third kappa shape index (κ3) is 2.42. The van der Waals surface area contributed by atoms with E-state index >= 15 is 0 Å². The van der Waals surface area contributed by atoms with Crippen molar-refractivity contribution in [2.75, 3.05) is 19.5 Å². The van der Waals surface area contributed by atoms with E-state index in [-0.39, 0.29) is 5.91 Å². The van der Waals surface area contributed by atoms with Gasteiger partial charge in [0.15, 0.2) is 17.3 Å². The van der Waals surface area contributed by atoms with Gasteiger partial charge in [-0.2, -0.15) is 5.10 Å². The van der Waals surface area contributed by atoms with Gasteiger partial charge in [-0.25, -0.2) is 0 Å². The largest absolute Gasteiger partial charge is 0.493 e. The van der Waals surface area contributed by atoms with Gasteiger partial charge in [0, 0.05) is 17.8 Å². The Hall–Kier alpha value is -2.50. The minimum Gasteiger partial charge on any atom is -0.493 e. The van der Waals surface area contributed by atoms with E-state index in [1.165, 1.54) is 7.11 Å². The lowest BCUT2D eigenvalue weighted by molar-refractivity contribution is 0.102. The fourth-order valence-corrected chi connectivity index (χ4v) is 1.50. The van der Waals surface area contributed by atoms with Crippen LogP contribution < -0.4 is 14.8 Å². The quantitative estimate of drug-likeness (QED) is 0.861. The van der Waals surface area contributed by atoms with Gasteiger partial charge in [-0.1, -0.05) is 0 Å². The molecule has 0 fully saturated rings. The van der Waals surface area contributed by atoms with Gasteiger partial charge >= 0.3 is 0 Å². The highest BCUT2D eigenvalue weighted by atomic mass is 16.5. The van der Waals surface area contributed by atoms with Crippen molar-refractivity contribution in [1.29, 1.82) is 0 Å². The highest BCUT2D eigenvalue weighted by Crippen LogP contribution is 2.27. The van der Waals surface area contributed by atoms with Crippen molar-refractivity contribution in [1.82, 2.24) is 10.2 Å². The molecule has 0 aliphatic heterocycles. The van der Waals surface area contributed by atoms with Crippen LogP contribution in [0.3, 0.4) is 0 Å². The molecule has 94 valence electrons. The molecule has 18 heavy (non-hydrogen) atoms. The summed E-state index contributed by atoms with van der Waals surface area (Å²) in [5, 5.41) is 9.11. The zero-order chi connectivity index (χ0) is 13.0. The first-order valence-electron chi connectivity index (χ1n) is 5.27. The van der Waals surface area contributed by atoms with Crippen molar-refractivity contribution in [3.05, 3.63) is 36.0 Å². The summed E-state index contributed by atoms with van der Waals surface area (Å²) >= 11 is 0. The van der Waals surface area contributed by atoms with Gasteiger partial charge in [0.2, 0.25) is 0 Å². The van der Waals surface area contributed by atoms with E-state index in [1.807, 2.05) is 0 Å². The Morgan fingerprint density at radius 3 is 2.61 bits per heavy atom. The molecule has 6 heteroatoms. The first-order chi connectivity index (χ1) is 8.74. The van der Waals surface area contributed by atoms with Crippen molar-refractivity contribution in [2.45, 2.75) is 0 Å². The number of aromatic nitrogens is 2. The van der Waals surface area contributed by atoms with Gasteiger partial charge in [-0.3, -0.25) is 9.89 Å². The predicted molar refractivity (Wildman–Crippen MR) is 66.1 cm³/mol. The van der Waals surface area contributed by atoms with Gasteiger partial charge in [0.05, 0.1) is 14.2 Å². The normalized spacial score (nSPS) is 9.89. The number of carbonyl (C=O) groups is 1.